The highest BCUT2D eigenvalue weighted by Crippen LogP contribution is 2.32. The molecule has 0 saturated carbocycles. The Kier molecular flexibility index (Phi) is 4.44. The van der Waals surface area contributed by atoms with Gasteiger partial charge in [-0.1, -0.05) is 54.6 Å². The van der Waals surface area contributed by atoms with Crippen molar-refractivity contribution in [3.8, 4) is 11.1 Å². The fourth-order valence-corrected chi connectivity index (χ4v) is 5.20. The summed E-state index contributed by atoms with van der Waals surface area (Å²) in [5.74, 6) is 0.679. The van der Waals surface area contributed by atoms with Gasteiger partial charge in [0.05, 0.1) is 11.5 Å². The number of nitrogens with one attached hydrogen (secondary N) is 1. The van der Waals surface area contributed by atoms with Crippen molar-refractivity contribution < 1.29 is 4.74 Å². The van der Waals surface area contributed by atoms with Crippen LogP contribution in [0.1, 0.15) is 12.8 Å². The van der Waals surface area contributed by atoms with Crippen LogP contribution in [0.15, 0.2) is 64.8 Å². The van der Waals surface area contributed by atoms with Gasteiger partial charge in [0, 0.05) is 34.9 Å². The Bertz CT molecular complexity index is 1470. The molecule has 1 N–H and O–H groups in total. The lowest BCUT2D eigenvalue weighted by Crippen LogP contribution is -2.23. The maximum atomic E-state index is 13.6. The topological polar surface area (TPSA) is 68.5 Å². The van der Waals surface area contributed by atoms with Crippen molar-refractivity contribution in [2.24, 2.45) is 0 Å². The Labute approximate surface area is 182 Å². The molecule has 0 spiro atoms. The van der Waals surface area contributed by atoms with E-state index in [1.807, 2.05) is 60.0 Å². The van der Waals surface area contributed by atoms with Crippen LogP contribution < -0.4 is 10.9 Å². The second-order valence-corrected chi connectivity index (χ2v) is 8.62. The molecule has 5 aromatic rings. The van der Waals surface area contributed by atoms with Crippen LogP contribution in [-0.4, -0.2) is 33.9 Å². The van der Waals surface area contributed by atoms with E-state index >= 15 is 0 Å². The lowest BCUT2D eigenvalue weighted by molar-refractivity contribution is 0.120. The molecule has 6 rings (SSSR count). The number of aromatic nitrogens is 3. The highest BCUT2D eigenvalue weighted by molar-refractivity contribution is 7.17. The van der Waals surface area contributed by atoms with E-state index in [1.165, 1.54) is 15.9 Å². The van der Waals surface area contributed by atoms with Crippen molar-refractivity contribution in [2.75, 3.05) is 18.5 Å². The lowest BCUT2D eigenvalue weighted by Gasteiger charge is -2.14. The van der Waals surface area contributed by atoms with E-state index in [0.29, 0.717) is 23.4 Å². The summed E-state index contributed by atoms with van der Waals surface area (Å²) in [7, 11) is 0. The van der Waals surface area contributed by atoms with Crippen molar-refractivity contribution >= 4 is 43.8 Å². The molecule has 0 amide bonds. The predicted octanol–water partition coefficient (Wildman–Crippen LogP) is 4.72. The van der Waals surface area contributed by atoms with Crippen molar-refractivity contribution in [3.05, 3.63) is 70.3 Å². The summed E-state index contributed by atoms with van der Waals surface area (Å²) < 4.78 is 7.19. The number of hydrogen-bond donors (Lipinski definition) is 1. The number of benzene rings is 2. The molecule has 0 radical (unpaired) electrons. The molecule has 2 aromatic carbocycles. The van der Waals surface area contributed by atoms with Crippen LogP contribution in [0.4, 0.5) is 5.82 Å². The van der Waals surface area contributed by atoms with Crippen LogP contribution in [0.5, 0.6) is 0 Å². The average molecular weight is 429 g/mol. The first kappa shape index (κ1) is 18.5. The molecule has 1 atom stereocenters. The smallest absolute Gasteiger partial charge is 0.283 e. The van der Waals surface area contributed by atoms with Gasteiger partial charge in [-0.2, -0.15) is 4.52 Å². The van der Waals surface area contributed by atoms with Crippen molar-refractivity contribution in [3.63, 3.8) is 0 Å². The maximum Gasteiger partial charge on any atom is 0.283 e. The van der Waals surface area contributed by atoms with Crippen molar-refractivity contribution in [1.82, 2.24) is 14.6 Å². The molecule has 1 aliphatic heterocycles. The molecule has 154 valence electrons. The number of fused-ring (bicyclic) bond motifs is 4. The predicted molar refractivity (Wildman–Crippen MR) is 125 cm³/mol. The van der Waals surface area contributed by atoms with Gasteiger partial charge in [0.25, 0.3) is 5.56 Å². The molecule has 31 heavy (non-hydrogen) atoms. The van der Waals surface area contributed by atoms with E-state index in [-0.39, 0.29) is 11.7 Å². The third kappa shape index (κ3) is 3.08. The second kappa shape index (κ2) is 7.44. The van der Waals surface area contributed by atoms with Crippen LogP contribution >= 0.6 is 11.3 Å². The molecule has 1 fully saturated rings. The summed E-state index contributed by atoms with van der Waals surface area (Å²) >= 11 is 1.49. The molecular weight excluding hydrogens is 408 g/mol. The number of hydrogen-bond acceptors (Lipinski definition) is 6. The molecule has 0 aliphatic carbocycles. The summed E-state index contributed by atoms with van der Waals surface area (Å²) in [5.41, 5.74) is 2.34. The first-order chi connectivity index (χ1) is 15.3. The monoisotopic (exact) mass is 428 g/mol. The molecule has 6 nitrogen and oxygen atoms in total. The summed E-state index contributed by atoms with van der Waals surface area (Å²) in [6, 6.07) is 17.9. The van der Waals surface area contributed by atoms with Gasteiger partial charge in [0.1, 0.15) is 4.83 Å². The summed E-state index contributed by atoms with van der Waals surface area (Å²) in [6.07, 6.45) is 2.30. The van der Waals surface area contributed by atoms with Crippen molar-refractivity contribution in [1.29, 1.82) is 0 Å². The highest BCUT2D eigenvalue weighted by Gasteiger charge is 2.19. The maximum absolute atomic E-state index is 13.6. The van der Waals surface area contributed by atoms with Gasteiger partial charge in [-0.05, 0) is 18.4 Å². The van der Waals surface area contributed by atoms with Crippen LogP contribution in [0.3, 0.4) is 0 Å². The number of thiophene rings is 1. The number of nitrogens with zero attached hydrogens (tertiary/aromatic N) is 3. The number of anilines is 1. The molecule has 0 bridgehead atoms. The fourth-order valence-electron chi connectivity index (χ4n) is 4.26. The molecule has 1 aliphatic rings. The molecular formula is C24H20N4O2S. The van der Waals surface area contributed by atoms with Crippen molar-refractivity contribution in [2.45, 2.75) is 18.9 Å². The van der Waals surface area contributed by atoms with E-state index in [2.05, 4.69) is 5.32 Å². The minimum Gasteiger partial charge on any atom is -0.376 e. The Morgan fingerprint density at radius 3 is 2.71 bits per heavy atom. The van der Waals surface area contributed by atoms with Gasteiger partial charge in [0.2, 0.25) is 0 Å². The largest absolute Gasteiger partial charge is 0.376 e. The van der Waals surface area contributed by atoms with Crippen LogP contribution in [-0.2, 0) is 4.74 Å². The zero-order valence-electron chi connectivity index (χ0n) is 16.7. The van der Waals surface area contributed by atoms with Crippen LogP contribution in [0, 0.1) is 0 Å². The first-order valence-electron chi connectivity index (χ1n) is 10.4. The van der Waals surface area contributed by atoms with Gasteiger partial charge in [-0.3, -0.25) is 4.79 Å². The molecule has 1 unspecified atom stereocenters. The van der Waals surface area contributed by atoms with Gasteiger partial charge < -0.3 is 10.1 Å². The van der Waals surface area contributed by atoms with Gasteiger partial charge >= 0.3 is 0 Å². The Morgan fingerprint density at radius 1 is 1.10 bits per heavy atom. The number of ether oxygens (including phenoxy) is 1. The Morgan fingerprint density at radius 2 is 1.90 bits per heavy atom. The number of rotatable bonds is 4. The van der Waals surface area contributed by atoms with Crippen LogP contribution in [0.2, 0.25) is 0 Å². The van der Waals surface area contributed by atoms with E-state index in [0.717, 1.165) is 46.2 Å². The average Bonchev–Trinajstić information content (AvgIpc) is 3.49. The van der Waals surface area contributed by atoms with Gasteiger partial charge in [0.15, 0.2) is 11.5 Å². The highest BCUT2D eigenvalue weighted by atomic mass is 32.1. The third-order valence-electron chi connectivity index (χ3n) is 5.81. The minimum absolute atomic E-state index is 0.147. The SMILES string of the molecule is O=c1c2c(-c3ccccc3)csc2nc2c3ccccc3c(NCC3CCCO3)nn12. The van der Waals surface area contributed by atoms with E-state index in [9.17, 15) is 4.79 Å². The molecule has 7 heteroatoms. The second-order valence-electron chi connectivity index (χ2n) is 7.76. The molecule has 1 saturated heterocycles. The van der Waals surface area contributed by atoms with Gasteiger partial charge in [-0.25, -0.2) is 4.98 Å². The van der Waals surface area contributed by atoms with Gasteiger partial charge in [-0.15, -0.1) is 16.4 Å². The summed E-state index contributed by atoms with van der Waals surface area (Å²) in [6.45, 7) is 1.47. The quantitative estimate of drug-likeness (QED) is 0.420. The first-order valence-corrected chi connectivity index (χ1v) is 11.3. The zero-order valence-corrected chi connectivity index (χ0v) is 17.6. The standard InChI is InChI=1S/C24H20N4O2S/c29-24-20-19(15-7-2-1-3-8-15)14-31-23(20)26-22-18-11-5-4-10-17(18)21(27-28(22)24)25-13-16-9-6-12-30-16/h1-5,7-8,10-11,14,16H,6,9,12-13H2,(H,25,27). The lowest BCUT2D eigenvalue weighted by atomic mass is 10.1. The summed E-state index contributed by atoms with van der Waals surface area (Å²) in [4.78, 5) is 19.2. The Hall–Kier alpha value is -3.29. The Balaban J connectivity index is 1.58. The van der Waals surface area contributed by atoms with E-state index < -0.39 is 0 Å². The molecule has 3 aromatic heterocycles. The van der Waals surface area contributed by atoms with E-state index in [4.69, 9.17) is 14.8 Å². The molecule has 4 heterocycles. The van der Waals surface area contributed by atoms with Crippen LogP contribution in [0.25, 0.3) is 37.8 Å². The zero-order chi connectivity index (χ0) is 20.8. The minimum atomic E-state index is -0.147. The fraction of sp³-hybridized carbons (Fsp3) is 0.208. The van der Waals surface area contributed by atoms with E-state index in [1.54, 1.807) is 0 Å². The summed E-state index contributed by atoms with van der Waals surface area (Å²) in [5, 5.41) is 12.6. The normalized spacial score (nSPS) is 16.5. The third-order valence-corrected chi connectivity index (χ3v) is 6.69.